The van der Waals surface area contributed by atoms with Crippen molar-refractivity contribution in [2.45, 2.75) is 13.8 Å². The SMILES string of the molecule is Cc1cc(/C=C2/NC(=S)NC2=O)c(C)n1-c1ccncc1. The first kappa shape index (κ1) is 13.5. The van der Waals surface area contributed by atoms with Gasteiger partial charge in [-0.05, 0) is 55.9 Å². The van der Waals surface area contributed by atoms with Crippen LogP contribution in [0.1, 0.15) is 17.0 Å². The van der Waals surface area contributed by atoms with E-state index in [4.69, 9.17) is 12.2 Å². The predicted molar refractivity (Wildman–Crippen MR) is 84.9 cm³/mol. The Labute approximate surface area is 127 Å². The summed E-state index contributed by atoms with van der Waals surface area (Å²) >= 11 is 4.93. The lowest BCUT2D eigenvalue weighted by Gasteiger charge is -2.08. The normalized spacial score (nSPS) is 16.2. The standard InChI is InChI=1S/C15H14N4OS/c1-9-7-11(8-13-14(20)18-15(21)17-13)10(2)19(9)12-3-5-16-6-4-12/h3-8H,1-2H3,(H2,17,18,20,21)/b13-8+. The van der Waals surface area contributed by atoms with E-state index in [1.54, 1.807) is 12.4 Å². The average Bonchev–Trinajstić information content (AvgIpc) is 2.91. The van der Waals surface area contributed by atoms with E-state index in [1.165, 1.54) is 0 Å². The fraction of sp³-hybridized carbons (Fsp3) is 0.133. The van der Waals surface area contributed by atoms with Crippen LogP contribution >= 0.6 is 12.2 Å². The number of nitrogens with zero attached hydrogens (tertiary/aromatic N) is 2. The highest BCUT2D eigenvalue weighted by Gasteiger charge is 2.21. The van der Waals surface area contributed by atoms with Crippen LogP contribution in [0.2, 0.25) is 0 Å². The van der Waals surface area contributed by atoms with Crippen molar-refractivity contribution in [3.8, 4) is 5.69 Å². The lowest BCUT2D eigenvalue weighted by Crippen LogP contribution is -2.21. The molecule has 2 aromatic rings. The molecule has 1 aliphatic rings. The lowest BCUT2D eigenvalue weighted by molar-refractivity contribution is -0.115. The molecule has 0 spiro atoms. The number of carbonyl (C=O) groups excluding carboxylic acids is 1. The van der Waals surface area contributed by atoms with E-state index < -0.39 is 0 Å². The second kappa shape index (κ2) is 5.14. The number of aromatic nitrogens is 2. The lowest BCUT2D eigenvalue weighted by atomic mass is 10.2. The van der Waals surface area contributed by atoms with Crippen molar-refractivity contribution < 1.29 is 4.79 Å². The first-order valence-electron chi connectivity index (χ1n) is 6.49. The molecular formula is C15H14N4OS. The maximum atomic E-state index is 11.7. The topological polar surface area (TPSA) is 58.9 Å². The highest BCUT2D eigenvalue weighted by Crippen LogP contribution is 2.22. The maximum Gasteiger partial charge on any atom is 0.273 e. The summed E-state index contributed by atoms with van der Waals surface area (Å²) in [6.07, 6.45) is 5.34. The monoisotopic (exact) mass is 298 g/mol. The maximum absolute atomic E-state index is 11.7. The molecule has 0 bridgehead atoms. The van der Waals surface area contributed by atoms with Crippen molar-refractivity contribution in [3.05, 3.63) is 53.2 Å². The van der Waals surface area contributed by atoms with Crippen molar-refractivity contribution in [2.75, 3.05) is 0 Å². The van der Waals surface area contributed by atoms with Crippen LogP contribution < -0.4 is 10.6 Å². The van der Waals surface area contributed by atoms with Crippen molar-refractivity contribution >= 4 is 29.3 Å². The minimum atomic E-state index is -0.200. The predicted octanol–water partition coefficient (Wildman–Crippen LogP) is 1.83. The van der Waals surface area contributed by atoms with E-state index in [0.29, 0.717) is 10.8 Å². The summed E-state index contributed by atoms with van der Waals surface area (Å²) in [5, 5.41) is 5.76. The molecule has 6 heteroatoms. The number of pyridine rings is 1. The van der Waals surface area contributed by atoms with E-state index in [2.05, 4.69) is 20.2 Å². The fourth-order valence-electron chi connectivity index (χ4n) is 2.46. The fourth-order valence-corrected chi connectivity index (χ4v) is 2.66. The van der Waals surface area contributed by atoms with E-state index >= 15 is 0 Å². The molecule has 2 aromatic heterocycles. The van der Waals surface area contributed by atoms with Crippen molar-refractivity contribution in [1.29, 1.82) is 0 Å². The van der Waals surface area contributed by atoms with Crippen molar-refractivity contribution in [2.24, 2.45) is 0 Å². The van der Waals surface area contributed by atoms with E-state index in [-0.39, 0.29) is 5.91 Å². The van der Waals surface area contributed by atoms with Gasteiger partial charge < -0.3 is 9.88 Å². The number of hydrogen-bond donors (Lipinski definition) is 2. The highest BCUT2D eigenvalue weighted by molar-refractivity contribution is 7.80. The second-order valence-electron chi connectivity index (χ2n) is 4.83. The molecule has 21 heavy (non-hydrogen) atoms. The molecule has 1 amide bonds. The third-order valence-electron chi connectivity index (χ3n) is 3.41. The van der Waals surface area contributed by atoms with Gasteiger partial charge in [0, 0.05) is 29.5 Å². The number of rotatable bonds is 2. The Hall–Kier alpha value is -2.47. The van der Waals surface area contributed by atoms with Gasteiger partial charge in [0.25, 0.3) is 5.91 Å². The van der Waals surface area contributed by atoms with Gasteiger partial charge in [-0.25, -0.2) is 0 Å². The van der Waals surface area contributed by atoms with E-state index in [9.17, 15) is 4.79 Å². The van der Waals surface area contributed by atoms with Gasteiger partial charge in [-0.1, -0.05) is 0 Å². The van der Waals surface area contributed by atoms with Gasteiger partial charge in [0.2, 0.25) is 0 Å². The Kier molecular flexibility index (Phi) is 3.31. The molecule has 1 aliphatic heterocycles. The third kappa shape index (κ3) is 2.45. The second-order valence-corrected chi connectivity index (χ2v) is 5.24. The first-order chi connectivity index (χ1) is 10.1. The zero-order chi connectivity index (χ0) is 15.0. The summed E-state index contributed by atoms with van der Waals surface area (Å²) in [7, 11) is 0. The van der Waals surface area contributed by atoms with Gasteiger partial charge in [0.05, 0.1) is 0 Å². The van der Waals surface area contributed by atoms with Crippen molar-refractivity contribution in [3.63, 3.8) is 0 Å². The molecule has 1 saturated heterocycles. The molecule has 2 N–H and O–H groups in total. The molecule has 1 fully saturated rings. The van der Waals surface area contributed by atoms with Gasteiger partial charge in [-0.3, -0.25) is 15.1 Å². The zero-order valence-corrected chi connectivity index (χ0v) is 12.5. The molecule has 3 heterocycles. The quantitative estimate of drug-likeness (QED) is 0.656. The van der Waals surface area contributed by atoms with Crippen LogP contribution in [0, 0.1) is 13.8 Å². The number of aryl methyl sites for hydroxylation is 1. The zero-order valence-electron chi connectivity index (χ0n) is 11.7. The highest BCUT2D eigenvalue weighted by atomic mass is 32.1. The smallest absolute Gasteiger partial charge is 0.273 e. The number of nitrogens with one attached hydrogen (secondary N) is 2. The molecule has 0 aromatic carbocycles. The molecule has 3 rings (SSSR count). The Morgan fingerprint density at radius 3 is 2.57 bits per heavy atom. The molecule has 0 atom stereocenters. The van der Waals surface area contributed by atoms with Crippen LogP contribution in [-0.4, -0.2) is 20.6 Å². The number of amides is 1. The van der Waals surface area contributed by atoms with Crippen LogP contribution in [-0.2, 0) is 4.79 Å². The van der Waals surface area contributed by atoms with Gasteiger partial charge in [-0.15, -0.1) is 0 Å². The number of hydrogen-bond acceptors (Lipinski definition) is 3. The summed E-state index contributed by atoms with van der Waals surface area (Å²) in [5.41, 5.74) is 4.63. The molecular weight excluding hydrogens is 284 g/mol. The Morgan fingerprint density at radius 2 is 1.95 bits per heavy atom. The Balaban J connectivity index is 2.05. The largest absolute Gasteiger partial charge is 0.328 e. The van der Waals surface area contributed by atoms with Crippen LogP contribution in [0.15, 0.2) is 36.3 Å². The molecule has 5 nitrogen and oxygen atoms in total. The molecule has 0 aliphatic carbocycles. The summed E-state index contributed by atoms with van der Waals surface area (Å²) in [6.45, 7) is 4.05. The summed E-state index contributed by atoms with van der Waals surface area (Å²) in [4.78, 5) is 15.8. The van der Waals surface area contributed by atoms with Gasteiger partial charge in [0.1, 0.15) is 5.70 Å². The summed E-state index contributed by atoms with van der Waals surface area (Å²) in [6, 6.07) is 5.94. The van der Waals surface area contributed by atoms with Crippen molar-refractivity contribution in [1.82, 2.24) is 20.2 Å². The molecule has 106 valence electrons. The molecule has 0 saturated carbocycles. The Bertz CT molecular complexity index is 761. The van der Waals surface area contributed by atoms with Crippen LogP contribution in [0.25, 0.3) is 11.8 Å². The van der Waals surface area contributed by atoms with Crippen LogP contribution in [0.5, 0.6) is 0 Å². The van der Waals surface area contributed by atoms with E-state index in [1.807, 2.05) is 38.1 Å². The van der Waals surface area contributed by atoms with Gasteiger partial charge in [0.15, 0.2) is 5.11 Å². The van der Waals surface area contributed by atoms with Gasteiger partial charge >= 0.3 is 0 Å². The first-order valence-corrected chi connectivity index (χ1v) is 6.90. The average molecular weight is 298 g/mol. The van der Waals surface area contributed by atoms with Crippen LogP contribution in [0.4, 0.5) is 0 Å². The number of thiocarbonyl (C=S) groups is 1. The van der Waals surface area contributed by atoms with E-state index in [0.717, 1.165) is 22.6 Å². The third-order valence-corrected chi connectivity index (χ3v) is 3.62. The summed E-state index contributed by atoms with van der Waals surface area (Å²) in [5.74, 6) is -0.200. The summed E-state index contributed by atoms with van der Waals surface area (Å²) < 4.78 is 2.12. The molecule has 0 radical (unpaired) electrons. The molecule has 0 unspecified atom stereocenters. The number of carbonyl (C=O) groups is 1. The Morgan fingerprint density at radius 1 is 1.24 bits per heavy atom. The van der Waals surface area contributed by atoms with Gasteiger partial charge in [-0.2, -0.15) is 0 Å². The minimum Gasteiger partial charge on any atom is -0.328 e. The minimum absolute atomic E-state index is 0.200. The van der Waals surface area contributed by atoms with Crippen LogP contribution in [0.3, 0.4) is 0 Å².